The second kappa shape index (κ2) is 7.39. The minimum Gasteiger partial charge on any atom is -0.377 e. The monoisotopic (exact) mass is 263 g/mol. The van der Waals surface area contributed by atoms with Gasteiger partial charge in [0.15, 0.2) is 0 Å². The van der Waals surface area contributed by atoms with Crippen LogP contribution in [0.15, 0.2) is 0 Å². The van der Waals surface area contributed by atoms with E-state index in [1.54, 1.807) is 0 Å². The molecule has 0 amide bonds. The molecule has 1 unspecified atom stereocenters. The Morgan fingerprint density at radius 1 is 1.28 bits per heavy atom. The van der Waals surface area contributed by atoms with Crippen LogP contribution in [0.1, 0.15) is 52.9 Å². The molecule has 0 heterocycles. The quantitative estimate of drug-likeness (QED) is 0.757. The summed E-state index contributed by atoms with van der Waals surface area (Å²) < 4.78 is 32.0. The summed E-state index contributed by atoms with van der Waals surface area (Å²) in [6.07, 6.45) is 2.53. The van der Waals surface area contributed by atoms with Crippen molar-refractivity contribution in [1.82, 2.24) is 5.32 Å². The first-order valence-corrected chi connectivity index (χ1v) is 7.17. The van der Waals surface area contributed by atoms with Crippen LogP contribution in [0.25, 0.3) is 0 Å². The number of hydrogen-bond donors (Lipinski definition) is 1. The van der Waals surface area contributed by atoms with E-state index in [9.17, 15) is 8.78 Å². The van der Waals surface area contributed by atoms with Crippen molar-refractivity contribution in [2.24, 2.45) is 5.92 Å². The van der Waals surface area contributed by atoms with Crippen LogP contribution in [0.3, 0.4) is 0 Å². The average Bonchev–Trinajstić information content (AvgIpc) is 2.30. The Balaban J connectivity index is 2.43. The smallest absolute Gasteiger partial charge is 0.248 e. The molecule has 0 spiro atoms. The van der Waals surface area contributed by atoms with Crippen molar-refractivity contribution in [3.63, 3.8) is 0 Å². The van der Waals surface area contributed by atoms with Gasteiger partial charge in [-0.15, -0.1) is 0 Å². The lowest BCUT2D eigenvalue weighted by molar-refractivity contribution is -0.0554. The Morgan fingerprint density at radius 2 is 1.89 bits per heavy atom. The molecule has 0 aromatic heterocycles. The van der Waals surface area contributed by atoms with E-state index in [0.29, 0.717) is 25.4 Å². The molecule has 108 valence electrons. The maximum Gasteiger partial charge on any atom is 0.248 e. The molecule has 0 bridgehead atoms. The van der Waals surface area contributed by atoms with Crippen molar-refractivity contribution in [3.05, 3.63) is 0 Å². The van der Waals surface area contributed by atoms with Crippen molar-refractivity contribution < 1.29 is 13.5 Å². The summed E-state index contributed by atoms with van der Waals surface area (Å²) in [5, 5.41) is 3.45. The van der Waals surface area contributed by atoms with Crippen LogP contribution in [-0.4, -0.2) is 31.2 Å². The molecule has 1 rings (SSSR count). The maximum atomic E-state index is 13.2. The van der Waals surface area contributed by atoms with Crippen LogP contribution in [0.2, 0.25) is 0 Å². The highest BCUT2D eigenvalue weighted by molar-refractivity contribution is 4.85. The van der Waals surface area contributed by atoms with Crippen molar-refractivity contribution in [1.29, 1.82) is 0 Å². The first-order valence-electron chi connectivity index (χ1n) is 7.17. The molecule has 1 saturated carbocycles. The van der Waals surface area contributed by atoms with Crippen LogP contribution in [0.5, 0.6) is 0 Å². The zero-order valence-corrected chi connectivity index (χ0v) is 11.8. The third kappa shape index (κ3) is 5.61. The Bertz CT molecular complexity index is 224. The van der Waals surface area contributed by atoms with Crippen LogP contribution in [0, 0.1) is 5.92 Å². The molecule has 1 N–H and O–H groups in total. The lowest BCUT2D eigenvalue weighted by Crippen LogP contribution is -2.43. The van der Waals surface area contributed by atoms with E-state index in [1.807, 2.05) is 13.8 Å². The predicted octanol–water partition coefficient (Wildman–Crippen LogP) is 3.61. The summed E-state index contributed by atoms with van der Waals surface area (Å²) in [7, 11) is 0. The van der Waals surface area contributed by atoms with E-state index in [4.69, 9.17) is 4.74 Å². The second-order valence-electron chi connectivity index (χ2n) is 5.64. The number of hydrogen-bond acceptors (Lipinski definition) is 2. The van der Waals surface area contributed by atoms with Gasteiger partial charge in [0.2, 0.25) is 5.92 Å². The standard InChI is InChI=1S/C14H27F2NO/c1-4-9-17-13(10-18-11(2)3)12-5-7-14(15,16)8-6-12/h11-13,17H,4-10H2,1-3H3. The minimum atomic E-state index is -2.44. The Hall–Kier alpha value is -0.220. The number of nitrogens with one attached hydrogen (secondary N) is 1. The molecule has 1 aliphatic carbocycles. The maximum absolute atomic E-state index is 13.2. The fourth-order valence-corrected chi connectivity index (χ4v) is 2.45. The fourth-order valence-electron chi connectivity index (χ4n) is 2.45. The van der Waals surface area contributed by atoms with E-state index in [0.717, 1.165) is 13.0 Å². The summed E-state index contributed by atoms with van der Waals surface area (Å²) in [5.41, 5.74) is 0. The van der Waals surface area contributed by atoms with Crippen molar-refractivity contribution in [2.75, 3.05) is 13.2 Å². The minimum absolute atomic E-state index is 0.0314. The normalized spacial score (nSPS) is 22.3. The number of rotatable bonds is 7. The van der Waals surface area contributed by atoms with Gasteiger partial charge < -0.3 is 10.1 Å². The molecular formula is C14H27F2NO. The zero-order valence-electron chi connectivity index (χ0n) is 11.8. The lowest BCUT2D eigenvalue weighted by Gasteiger charge is -2.34. The number of alkyl halides is 2. The van der Waals surface area contributed by atoms with Crippen LogP contribution >= 0.6 is 0 Å². The Labute approximate surface area is 109 Å². The molecule has 0 aliphatic heterocycles. The lowest BCUT2D eigenvalue weighted by atomic mass is 9.82. The fraction of sp³-hybridized carbons (Fsp3) is 1.00. The number of halogens is 2. The molecule has 1 fully saturated rings. The number of ether oxygens (including phenoxy) is 1. The van der Waals surface area contributed by atoms with Crippen LogP contribution in [0.4, 0.5) is 8.78 Å². The Morgan fingerprint density at radius 3 is 2.39 bits per heavy atom. The molecule has 18 heavy (non-hydrogen) atoms. The molecule has 4 heteroatoms. The average molecular weight is 263 g/mol. The van der Waals surface area contributed by atoms with Gasteiger partial charge in [-0.05, 0) is 45.6 Å². The summed E-state index contributed by atoms with van der Waals surface area (Å²) in [6.45, 7) is 7.69. The van der Waals surface area contributed by atoms with Crippen molar-refractivity contribution >= 4 is 0 Å². The van der Waals surface area contributed by atoms with Gasteiger partial charge in [-0.2, -0.15) is 0 Å². The molecule has 0 radical (unpaired) electrons. The summed E-state index contributed by atoms with van der Waals surface area (Å²) >= 11 is 0. The molecule has 0 saturated heterocycles. The summed E-state index contributed by atoms with van der Waals surface area (Å²) in [4.78, 5) is 0. The van der Waals surface area contributed by atoms with E-state index in [1.165, 1.54) is 0 Å². The van der Waals surface area contributed by atoms with Gasteiger partial charge in [0.25, 0.3) is 0 Å². The highest BCUT2D eigenvalue weighted by atomic mass is 19.3. The second-order valence-corrected chi connectivity index (χ2v) is 5.64. The zero-order chi connectivity index (χ0) is 13.6. The summed E-state index contributed by atoms with van der Waals surface area (Å²) in [6, 6.07) is 0.225. The van der Waals surface area contributed by atoms with Crippen LogP contribution < -0.4 is 5.32 Å². The van der Waals surface area contributed by atoms with Gasteiger partial charge in [0.1, 0.15) is 0 Å². The SMILES string of the molecule is CCCNC(COC(C)C)C1CCC(F)(F)CC1. The van der Waals surface area contributed by atoms with Crippen LogP contribution in [-0.2, 0) is 4.74 Å². The van der Waals surface area contributed by atoms with E-state index in [-0.39, 0.29) is 25.0 Å². The summed E-state index contributed by atoms with van der Waals surface area (Å²) in [5.74, 6) is -2.11. The first kappa shape index (κ1) is 15.8. The molecular weight excluding hydrogens is 236 g/mol. The van der Waals surface area contributed by atoms with Gasteiger partial charge in [-0.1, -0.05) is 6.92 Å². The van der Waals surface area contributed by atoms with Gasteiger partial charge in [0.05, 0.1) is 12.7 Å². The van der Waals surface area contributed by atoms with Gasteiger partial charge >= 0.3 is 0 Å². The highest BCUT2D eigenvalue weighted by Gasteiger charge is 2.37. The Kier molecular flexibility index (Phi) is 6.50. The van der Waals surface area contributed by atoms with Gasteiger partial charge in [-0.25, -0.2) is 8.78 Å². The molecule has 2 nitrogen and oxygen atoms in total. The van der Waals surface area contributed by atoms with Crippen molar-refractivity contribution in [2.45, 2.75) is 70.9 Å². The molecule has 0 aromatic rings. The van der Waals surface area contributed by atoms with E-state index in [2.05, 4.69) is 12.2 Å². The highest BCUT2D eigenvalue weighted by Crippen LogP contribution is 2.37. The van der Waals surface area contributed by atoms with Crippen molar-refractivity contribution in [3.8, 4) is 0 Å². The molecule has 1 aliphatic rings. The van der Waals surface area contributed by atoms with E-state index < -0.39 is 5.92 Å². The molecule has 0 aromatic carbocycles. The van der Waals surface area contributed by atoms with Gasteiger partial charge in [0, 0.05) is 18.9 Å². The largest absolute Gasteiger partial charge is 0.377 e. The van der Waals surface area contributed by atoms with E-state index >= 15 is 0 Å². The predicted molar refractivity (Wildman–Crippen MR) is 70.1 cm³/mol. The third-order valence-electron chi connectivity index (χ3n) is 3.60. The topological polar surface area (TPSA) is 21.3 Å². The molecule has 1 atom stereocenters. The third-order valence-corrected chi connectivity index (χ3v) is 3.60. The first-order chi connectivity index (χ1) is 8.44. The van der Waals surface area contributed by atoms with Gasteiger partial charge in [-0.3, -0.25) is 0 Å².